The number of rotatable bonds is 8. The molecule has 3 aromatic carbocycles. The summed E-state index contributed by atoms with van der Waals surface area (Å²) in [6, 6.07) is 22.2. The Hall–Kier alpha value is -3.35. The number of carbonyl (C=O) groups is 2. The number of ketones is 1. The van der Waals surface area contributed by atoms with Gasteiger partial charge in [-0.1, -0.05) is 59.9 Å². The van der Waals surface area contributed by atoms with Crippen molar-refractivity contribution >= 4 is 38.4 Å². The zero-order valence-corrected chi connectivity index (χ0v) is 19.9. The van der Waals surface area contributed by atoms with Crippen molar-refractivity contribution in [1.29, 1.82) is 0 Å². The number of benzene rings is 3. The fourth-order valence-corrected chi connectivity index (χ4v) is 4.73. The van der Waals surface area contributed by atoms with E-state index in [2.05, 4.69) is 17.9 Å². The molecule has 1 aromatic heterocycles. The van der Waals surface area contributed by atoms with Gasteiger partial charge in [0.25, 0.3) is 5.91 Å². The van der Waals surface area contributed by atoms with Gasteiger partial charge in [0.2, 0.25) is 0 Å². The molecule has 0 atom stereocenters. The molecule has 0 radical (unpaired) electrons. The number of aromatic nitrogens is 1. The Labute approximate surface area is 198 Å². The summed E-state index contributed by atoms with van der Waals surface area (Å²) in [5.41, 5.74) is 3.80. The summed E-state index contributed by atoms with van der Waals surface area (Å²) in [6.45, 7) is 3.50. The van der Waals surface area contributed by atoms with Gasteiger partial charge < -0.3 is 4.90 Å². The first kappa shape index (κ1) is 22.8. The van der Waals surface area contributed by atoms with Crippen molar-refractivity contribution in [3.8, 4) is 0 Å². The van der Waals surface area contributed by atoms with Crippen LogP contribution in [-0.2, 0) is 0 Å². The summed E-state index contributed by atoms with van der Waals surface area (Å²) in [5, 5.41) is 0.698. The van der Waals surface area contributed by atoms with Gasteiger partial charge in [-0.2, -0.15) is 0 Å². The van der Waals surface area contributed by atoms with Crippen LogP contribution in [0.5, 0.6) is 0 Å². The quantitative estimate of drug-likeness (QED) is 0.331. The van der Waals surface area contributed by atoms with Crippen molar-refractivity contribution in [1.82, 2.24) is 9.88 Å². The maximum Gasteiger partial charge on any atom is 0.260 e. The Morgan fingerprint density at radius 2 is 1.52 bits per heavy atom. The second-order valence-corrected chi connectivity index (χ2v) is 9.36. The standard InChI is InChI=1S/C27H27N3O2S/c1-19-10-15-23-24(18-19)33-27(28-23)30(17-7-16-29(2)3)26(32)22-13-11-21(12-14-22)25(31)20-8-5-4-6-9-20/h4-6,8-15,18H,7,16-17H2,1-3H3. The second-order valence-electron chi connectivity index (χ2n) is 8.35. The van der Waals surface area contributed by atoms with Crippen LogP contribution in [0.4, 0.5) is 5.13 Å². The molecule has 33 heavy (non-hydrogen) atoms. The van der Waals surface area contributed by atoms with Gasteiger partial charge in [-0.15, -0.1) is 0 Å². The van der Waals surface area contributed by atoms with E-state index in [-0.39, 0.29) is 11.7 Å². The molecular formula is C27H27N3O2S. The van der Waals surface area contributed by atoms with E-state index in [1.807, 2.05) is 44.4 Å². The van der Waals surface area contributed by atoms with E-state index in [0.717, 1.165) is 23.2 Å². The smallest absolute Gasteiger partial charge is 0.260 e. The fraction of sp³-hybridized carbons (Fsp3) is 0.222. The number of aryl methyl sites for hydroxylation is 1. The molecule has 168 valence electrons. The molecule has 0 aliphatic heterocycles. The van der Waals surface area contributed by atoms with Gasteiger partial charge in [0.15, 0.2) is 10.9 Å². The monoisotopic (exact) mass is 457 g/mol. The maximum atomic E-state index is 13.5. The van der Waals surface area contributed by atoms with Crippen LogP contribution >= 0.6 is 11.3 Å². The molecule has 0 saturated carbocycles. The van der Waals surface area contributed by atoms with Gasteiger partial charge in [-0.3, -0.25) is 14.5 Å². The predicted octanol–water partition coefficient (Wildman–Crippen LogP) is 5.43. The summed E-state index contributed by atoms with van der Waals surface area (Å²) in [4.78, 5) is 34.8. The van der Waals surface area contributed by atoms with E-state index in [0.29, 0.717) is 28.4 Å². The fourth-order valence-electron chi connectivity index (χ4n) is 3.64. The number of nitrogens with zero attached hydrogens (tertiary/aromatic N) is 3. The molecular weight excluding hydrogens is 430 g/mol. The Kier molecular flexibility index (Phi) is 6.96. The highest BCUT2D eigenvalue weighted by Crippen LogP contribution is 2.30. The van der Waals surface area contributed by atoms with Crippen molar-refractivity contribution in [3.05, 3.63) is 95.1 Å². The lowest BCUT2D eigenvalue weighted by Gasteiger charge is -2.21. The van der Waals surface area contributed by atoms with Crippen molar-refractivity contribution in [3.63, 3.8) is 0 Å². The molecule has 1 amide bonds. The number of fused-ring (bicyclic) bond motifs is 1. The molecule has 0 aliphatic rings. The molecule has 6 heteroatoms. The van der Waals surface area contributed by atoms with Crippen LogP contribution in [-0.4, -0.2) is 48.8 Å². The minimum atomic E-state index is -0.108. The van der Waals surface area contributed by atoms with Crippen LogP contribution in [0.25, 0.3) is 10.2 Å². The van der Waals surface area contributed by atoms with Crippen LogP contribution in [0.2, 0.25) is 0 Å². The third kappa shape index (κ3) is 5.35. The minimum absolute atomic E-state index is 0.0565. The molecule has 1 heterocycles. The molecule has 0 unspecified atom stereocenters. The molecule has 0 aliphatic carbocycles. The van der Waals surface area contributed by atoms with Gasteiger partial charge in [0.1, 0.15) is 0 Å². The van der Waals surface area contributed by atoms with Gasteiger partial charge in [0.05, 0.1) is 10.2 Å². The zero-order valence-electron chi connectivity index (χ0n) is 19.1. The lowest BCUT2D eigenvalue weighted by atomic mass is 10.0. The number of hydrogen-bond acceptors (Lipinski definition) is 5. The molecule has 4 aromatic rings. The summed E-state index contributed by atoms with van der Waals surface area (Å²) in [6.07, 6.45) is 0.832. The van der Waals surface area contributed by atoms with Gasteiger partial charge >= 0.3 is 0 Å². The van der Waals surface area contributed by atoms with Crippen molar-refractivity contribution < 1.29 is 9.59 Å². The predicted molar refractivity (Wildman–Crippen MR) is 136 cm³/mol. The van der Waals surface area contributed by atoms with Crippen molar-refractivity contribution in [2.24, 2.45) is 0 Å². The third-order valence-electron chi connectivity index (χ3n) is 5.43. The van der Waals surface area contributed by atoms with E-state index < -0.39 is 0 Å². The van der Waals surface area contributed by atoms with E-state index in [4.69, 9.17) is 4.98 Å². The van der Waals surface area contributed by atoms with Gasteiger partial charge in [-0.05, 0) is 63.8 Å². The Bertz CT molecular complexity index is 1260. The molecule has 0 N–H and O–H groups in total. The van der Waals surface area contributed by atoms with Gasteiger partial charge in [-0.25, -0.2) is 4.98 Å². The van der Waals surface area contributed by atoms with E-state index in [1.54, 1.807) is 41.3 Å². The van der Waals surface area contributed by atoms with Crippen LogP contribution in [0, 0.1) is 6.92 Å². The molecule has 0 fully saturated rings. The number of hydrogen-bond donors (Lipinski definition) is 0. The van der Waals surface area contributed by atoms with Gasteiger partial charge in [0, 0.05) is 23.2 Å². The van der Waals surface area contributed by atoms with E-state index >= 15 is 0 Å². The summed E-state index contributed by atoms with van der Waals surface area (Å²) in [7, 11) is 4.05. The van der Waals surface area contributed by atoms with E-state index in [9.17, 15) is 9.59 Å². The highest BCUT2D eigenvalue weighted by molar-refractivity contribution is 7.22. The van der Waals surface area contributed by atoms with Crippen molar-refractivity contribution in [2.45, 2.75) is 13.3 Å². The highest BCUT2D eigenvalue weighted by atomic mass is 32.1. The highest BCUT2D eigenvalue weighted by Gasteiger charge is 2.22. The second kappa shape index (κ2) is 10.1. The lowest BCUT2D eigenvalue weighted by molar-refractivity contribution is 0.0983. The molecule has 0 bridgehead atoms. The Morgan fingerprint density at radius 1 is 0.848 bits per heavy atom. The SMILES string of the molecule is Cc1ccc2nc(N(CCCN(C)C)C(=O)c3ccc(C(=O)c4ccccc4)cc3)sc2c1. The Morgan fingerprint density at radius 3 is 2.21 bits per heavy atom. The molecule has 4 rings (SSSR count). The number of thiazole rings is 1. The average molecular weight is 458 g/mol. The van der Waals surface area contributed by atoms with Crippen LogP contribution < -0.4 is 4.90 Å². The largest absolute Gasteiger partial charge is 0.309 e. The molecule has 0 saturated heterocycles. The lowest BCUT2D eigenvalue weighted by Crippen LogP contribution is -2.33. The first-order valence-electron chi connectivity index (χ1n) is 11.0. The van der Waals surface area contributed by atoms with E-state index in [1.165, 1.54) is 16.9 Å². The topological polar surface area (TPSA) is 53.5 Å². The number of anilines is 1. The summed E-state index contributed by atoms with van der Waals surface area (Å²) >= 11 is 1.53. The minimum Gasteiger partial charge on any atom is -0.309 e. The maximum absolute atomic E-state index is 13.5. The summed E-state index contributed by atoms with van der Waals surface area (Å²) < 4.78 is 1.07. The molecule has 5 nitrogen and oxygen atoms in total. The zero-order chi connectivity index (χ0) is 23.4. The van der Waals surface area contributed by atoms with Crippen LogP contribution in [0.3, 0.4) is 0 Å². The average Bonchev–Trinajstić information content (AvgIpc) is 3.24. The third-order valence-corrected chi connectivity index (χ3v) is 6.47. The van der Waals surface area contributed by atoms with Crippen LogP contribution in [0.1, 0.15) is 38.3 Å². The van der Waals surface area contributed by atoms with Crippen LogP contribution in [0.15, 0.2) is 72.8 Å². The Balaban J connectivity index is 1.60. The molecule has 0 spiro atoms. The first-order valence-corrected chi connectivity index (χ1v) is 11.8. The number of carbonyl (C=O) groups excluding carboxylic acids is 2. The normalized spacial score (nSPS) is 11.2. The van der Waals surface area contributed by atoms with Crippen molar-refractivity contribution in [2.75, 3.05) is 32.1 Å². The first-order chi connectivity index (χ1) is 15.9. The summed E-state index contributed by atoms with van der Waals surface area (Å²) in [5.74, 6) is -0.165. The number of amides is 1.